The standard InChI is InChI=1S/C10H14N6O2/c1-5-4-7(13-12-5)18-10-8(9(11)15-17)6(2)14-16(10)3/h4,17H,1-3H3,(H2,11,15)(H,12,13). The Bertz CT molecular complexity index is 598. The lowest BCUT2D eigenvalue weighted by Gasteiger charge is -2.04. The minimum absolute atomic E-state index is 0.0529. The molecule has 0 unspecified atom stereocenters. The highest BCUT2D eigenvalue weighted by Gasteiger charge is 2.20. The lowest BCUT2D eigenvalue weighted by molar-refractivity contribution is 0.318. The monoisotopic (exact) mass is 250 g/mol. The molecule has 0 amide bonds. The summed E-state index contributed by atoms with van der Waals surface area (Å²) in [6.45, 7) is 3.61. The predicted octanol–water partition coefficient (Wildman–Crippen LogP) is 0.647. The van der Waals surface area contributed by atoms with E-state index in [1.54, 1.807) is 20.0 Å². The third-order valence-corrected chi connectivity index (χ3v) is 2.42. The fourth-order valence-corrected chi connectivity index (χ4v) is 1.64. The molecule has 0 saturated carbocycles. The van der Waals surface area contributed by atoms with Crippen LogP contribution >= 0.6 is 0 Å². The molecule has 0 spiro atoms. The Kier molecular flexibility index (Phi) is 2.92. The molecule has 8 heteroatoms. The second kappa shape index (κ2) is 4.40. The number of ether oxygens (including phenoxy) is 1. The molecule has 0 aliphatic carbocycles. The summed E-state index contributed by atoms with van der Waals surface area (Å²) in [7, 11) is 1.70. The molecule has 0 aliphatic heterocycles. The largest absolute Gasteiger partial charge is 0.419 e. The van der Waals surface area contributed by atoms with Gasteiger partial charge in [0, 0.05) is 18.8 Å². The molecule has 2 aromatic rings. The number of rotatable bonds is 3. The van der Waals surface area contributed by atoms with Crippen LogP contribution in [0.4, 0.5) is 0 Å². The van der Waals surface area contributed by atoms with Crippen molar-refractivity contribution >= 4 is 5.84 Å². The van der Waals surface area contributed by atoms with Crippen molar-refractivity contribution in [2.75, 3.05) is 0 Å². The number of oxime groups is 1. The zero-order valence-electron chi connectivity index (χ0n) is 10.3. The summed E-state index contributed by atoms with van der Waals surface area (Å²) >= 11 is 0. The van der Waals surface area contributed by atoms with Crippen molar-refractivity contribution in [1.29, 1.82) is 0 Å². The van der Waals surface area contributed by atoms with Gasteiger partial charge in [0.1, 0.15) is 5.56 Å². The van der Waals surface area contributed by atoms with Gasteiger partial charge in [-0.2, -0.15) is 5.10 Å². The number of H-pyrrole nitrogens is 1. The number of aromatic amines is 1. The molecule has 2 rings (SSSR count). The van der Waals surface area contributed by atoms with E-state index in [0.717, 1.165) is 5.69 Å². The molecular formula is C10H14N6O2. The third kappa shape index (κ3) is 1.99. The van der Waals surface area contributed by atoms with Gasteiger partial charge in [-0.25, -0.2) is 4.68 Å². The van der Waals surface area contributed by atoms with Gasteiger partial charge in [0.2, 0.25) is 11.8 Å². The molecule has 2 heterocycles. The second-order valence-corrected chi connectivity index (χ2v) is 3.87. The van der Waals surface area contributed by atoms with Gasteiger partial charge in [-0.3, -0.25) is 5.10 Å². The quantitative estimate of drug-likeness (QED) is 0.320. The van der Waals surface area contributed by atoms with Crippen LogP contribution in [-0.4, -0.2) is 31.0 Å². The topological polar surface area (TPSA) is 114 Å². The molecule has 0 bridgehead atoms. The summed E-state index contributed by atoms with van der Waals surface area (Å²) in [5.41, 5.74) is 7.53. The third-order valence-electron chi connectivity index (χ3n) is 2.42. The first-order chi connectivity index (χ1) is 8.52. The minimum Gasteiger partial charge on any atom is -0.419 e. The number of aromatic nitrogens is 4. The van der Waals surface area contributed by atoms with E-state index in [9.17, 15) is 0 Å². The van der Waals surface area contributed by atoms with E-state index in [2.05, 4.69) is 20.5 Å². The van der Waals surface area contributed by atoms with Gasteiger partial charge < -0.3 is 15.7 Å². The van der Waals surface area contributed by atoms with Gasteiger partial charge in [0.15, 0.2) is 5.84 Å². The normalized spacial score (nSPS) is 11.8. The maximum Gasteiger partial charge on any atom is 0.240 e. The van der Waals surface area contributed by atoms with Crippen LogP contribution in [0.25, 0.3) is 0 Å². The number of hydrogen-bond donors (Lipinski definition) is 3. The predicted molar refractivity (Wildman–Crippen MR) is 63.9 cm³/mol. The Morgan fingerprint density at radius 1 is 1.56 bits per heavy atom. The number of nitrogens with one attached hydrogen (secondary N) is 1. The summed E-state index contributed by atoms with van der Waals surface area (Å²) in [5.74, 6) is 0.708. The van der Waals surface area contributed by atoms with E-state index >= 15 is 0 Å². The van der Waals surface area contributed by atoms with Crippen LogP contribution in [0.2, 0.25) is 0 Å². The molecule has 8 nitrogen and oxygen atoms in total. The summed E-state index contributed by atoms with van der Waals surface area (Å²) in [6.07, 6.45) is 0. The molecule has 0 saturated heterocycles. The van der Waals surface area contributed by atoms with E-state index in [0.29, 0.717) is 23.0 Å². The molecule has 0 fully saturated rings. The van der Waals surface area contributed by atoms with Crippen molar-refractivity contribution in [3.63, 3.8) is 0 Å². The molecule has 0 aliphatic rings. The number of nitrogens with two attached hydrogens (primary N) is 1. The SMILES string of the molecule is Cc1cc(Oc2c(/C(N)=N/O)c(C)nn2C)n[nH]1. The number of hydrogen-bond acceptors (Lipinski definition) is 5. The van der Waals surface area contributed by atoms with E-state index in [4.69, 9.17) is 15.7 Å². The first-order valence-electron chi connectivity index (χ1n) is 5.24. The highest BCUT2D eigenvalue weighted by atomic mass is 16.5. The number of amidine groups is 1. The molecule has 96 valence electrons. The van der Waals surface area contributed by atoms with Gasteiger partial charge in [-0.1, -0.05) is 5.16 Å². The smallest absolute Gasteiger partial charge is 0.240 e. The van der Waals surface area contributed by atoms with E-state index < -0.39 is 0 Å². The Morgan fingerprint density at radius 3 is 2.83 bits per heavy atom. The first kappa shape index (κ1) is 12.0. The van der Waals surface area contributed by atoms with Crippen molar-refractivity contribution in [3.05, 3.63) is 23.0 Å². The zero-order valence-corrected chi connectivity index (χ0v) is 10.3. The van der Waals surface area contributed by atoms with Crippen molar-refractivity contribution in [2.24, 2.45) is 17.9 Å². The van der Waals surface area contributed by atoms with Gasteiger partial charge in [-0.15, -0.1) is 5.10 Å². The Balaban J connectivity index is 2.44. The van der Waals surface area contributed by atoms with Crippen molar-refractivity contribution in [3.8, 4) is 11.8 Å². The van der Waals surface area contributed by atoms with Crippen LogP contribution in [0.15, 0.2) is 11.2 Å². The molecule has 0 atom stereocenters. The van der Waals surface area contributed by atoms with Crippen LogP contribution in [0.3, 0.4) is 0 Å². The van der Waals surface area contributed by atoms with Crippen LogP contribution < -0.4 is 10.5 Å². The van der Waals surface area contributed by atoms with E-state index in [1.165, 1.54) is 4.68 Å². The average molecular weight is 250 g/mol. The van der Waals surface area contributed by atoms with Crippen LogP contribution in [0.5, 0.6) is 11.8 Å². The summed E-state index contributed by atoms with van der Waals surface area (Å²) < 4.78 is 7.10. The number of nitrogens with zero attached hydrogens (tertiary/aromatic N) is 4. The van der Waals surface area contributed by atoms with Crippen molar-refractivity contribution < 1.29 is 9.94 Å². The van der Waals surface area contributed by atoms with Crippen molar-refractivity contribution in [1.82, 2.24) is 20.0 Å². The van der Waals surface area contributed by atoms with Crippen molar-refractivity contribution in [2.45, 2.75) is 13.8 Å². The second-order valence-electron chi connectivity index (χ2n) is 3.87. The minimum atomic E-state index is -0.0529. The fraction of sp³-hybridized carbons (Fsp3) is 0.300. The Labute approximate surface area is 103 Å². The summed E-state index contributed by atoms with van der Waals surface area (Å²) in [4.78, 5) is 0. The highest BCUT2D eigenvalue weighted by Crippen LogP contribution is 2.26. The molecule has 0 radical (unpaired) electrons. The van der Waals surface area contributed by atoms with Gasteiger partial charge >= 0.3 is 0 Å². The van der Waals surface area contributed by atoms with E-state index in [-0.39, 0.29) is 5.84 Å². The Morgan fingerprint density at radius 2 is 2.28 bits per heavy atom. The lowest BCUT2D eigenvalue weighted by atomic mass is 10.2. The van der Waals surface area contributed by atoms with Crippen LogP contribution in [0.1, 0.15) is 17.0 Å². The van der Waals surface area contributed by atoms with Gasteiger partial charge in [0.25, 0.3) is 0 Å². The van der Waals surface area contributed by atoms with Gasteiger partial charge in [0.05, 0.1) is 5.69 Å². The Hall–Kier alpha value is -2.51. The first-order valence-corrected chi connectivity index (χ1v) is 5.24. The van der Waals surface area contributed by atoms with E-state index in [1.807, 2.05) is 6.92 Å². The zero-order chi connectivity index (χ0) is 13.3. The molecule has 4 N–H and O–H groups in total. The molecule has 18 heavy (non-hydrogen) atoms. The molecule has 0 aromatic carbocycles. The van der Waals surface area contributed by atoms with Crippen LogP contribution in [-0.2, 0) is 7.05 Å². The number of aryl methyl sites for hydroxylation is 3. The van der Waals surface area contributed by atoms with Gasteiger partial charge in [-0.05, 0) is 13.8 Å². The maximum absolute atomic E-state index is 8.77. The fourth-order valence-electron chi connectivity index (χ4n) is 1.64. The highest BCUT2D eigenvalue weighted by molar-refractivity contribution is 6.00. The van der Waals surface area contributed by atoms with Crippen LogP contribution in [0, 0.1) is 13.8 Å². The average Bonchev–Trinajstić information content (AvgIpc) is 2.84. The summed E-state index contributed by atoms with van der Waals surface area (Å²) in [6, 6.07) is 1.73. The maximum atomic E-state index is 8.77. The molecular weight excluding hydrogens is 236 g/mol. The molecule has 2 aromatic heterocycles. The lowest BCUT2D eigenvalue weighted by Crippen LogP contribution is -2.15. The summed E-state index contributed by atoms with van der Waals surface area (Å²) in [5, 5.41) is 22.6.